The summed E-state index contributed by atoms with van der Waals surface area (Å²) in [6.07, 6.45) is 6.33. The van der Waals surface area contributed by atoms with Crippen LogP contribution in [0.3, 0.4) is 0 Å². The van der Waals surface area contributed by atoms with Gasteiger partial charge in [-0.3, -0.25) is 9.59 Å². The monoisotopic (exact) mass is 315 g/mol. The number of carbonyl (C=O) groups excluding carboxylic acids is 2. The van der Waals surface area contributed by atoms with Crippen LogP contribution in [0.1, 0.15) is 48.9 Å². The molecule has 2 fully saturated rings. The van der Waals surface area contributed by atoms with Crippen molar-refractivity contribution in [1.29, 1.82) is 0 Å². The number of nitrogens with one attached hydrogen (secondary N) is 3. The molecule has 0 atom stereocenters. The molecule has 3 N–H and O–H groups in total. The minimum Gasteiger partial charge on any atom is -0.349 e. The lowest BCUT2D eigenvalue weighted by atomic mass is 9.97. The van der Waals surface area contributed by atoms with Gasteiger partial charge in [0.05, 0.1) is 0 Å². The van der Waals surface area contributed by atoms with E-state index in [0.29, 0.717) is 11.6 Å². The molecule has 1 heterocycles. The van der Waals surface area contributed by atoms with Crippen molar-refractivity contribution in [1.82, 2.24) is 10.6 Å². The Balaban J connectivity index is 1.53. The average Bonchev–Trinajstić information content (AvgIpc) is 3.09. The standard InChI is InChI=1S/C18H25N3O2/c22-17(20-15-3-1-2-4-15)13-5-7-16(8-6-13)21-18(23)14-9-11-19-12-10-14/h5-8,14-15,19H,1-4,9-12H2,(H,20,22)(H,21,23). The Morgan fingerprint density at radius 3 is 2.26 bits per heavy atom. The quantitative estimate of drug-likeness (QED) is 0.798. The Labute approximate surface area is 137 Å². The van der Waals surface area contributed by atoms with E-state index in [9.17, 15) is 9.59 Å². The molecule has 3 rings (SSSR count). The molecule has 1 aromatic carbocycles. The van der Waals surface area contributed by atoms with Gasteiger partial charge in [0.2, 0.25) is 5.91 Å². The molecule has 0 spiro atoms. The minimum atomic E-state index is -0.0202. The molecule has 0 unspecified atom stereocenters. The molecule has 1 aliphatic carbocycles. The van der Waals surface area contributed by atoms with Crippen molar-refractivity contribution < 1.29 is 9.59 Å². The lowest BCUT2D eigenvalue weighted by Gasteiger charge is -2.21. The summed E-state index contributed by atoms with van der Waals surface area (Å²) in [5.41, 5.74) is 1.41. The molecule has 1 saturated carbocycles. The fourth-order valence-electron chi connectivity index (χ4n) is 3.37. The van der Waals surface area contributed by atoms with Gasteiger partial charge in [-0.05, 0) is 63.0 Å². The molecular formula is C18H25N3O2. The zero-order chi connectivity index (χ0) is 16.1. The highest BCUT2D eigenvalue weighted by Gasteiger charge is 2.21. The topological polar surface area (TPSA) is 70.2 Å². The predicted octanol–water partition coefficient (Wildman–Crippen LogP) is 2.30. The van der Waals surface area contributed by atoms with Crippen LogP contribution in [0.15, 0.2) is 24.3 Å². The molecule has 2 aliphatic rings. The van der Waals surface area contributed by atoms with E-state index in [1.807, 2.05) is 12.1 Å². The zero-order valence-electron chi connectivity index (χ0n) is 13.4. The first-order valence-electron chi connectivity index (χ1n) is 8.65. The number of carbonyl (C=O) groups is 2. The normalized spacial score (nSPS) is 19.5. The van der Waals surface area contributed by atoms with Crippen LogP contribution in [-0.2, 0) is 4.79 Å². The fourth-order valence-corrected chi connectivity index (χ4v) is 3.37. The number of hydrogen-bond acceptors (Lipinski definition) is 3. The molecular weight excluding hydrogens is 290 g/mol. The largest absolute Gasteiger partial charge is 0.349 e. The van der Waals surface area contributed by atoms with Crippen molar-refractivity contribution in [2.24, 2.45) is 5.92 Å². The van der Waals surface area contributed by atoms with Gasteiger partial charge in [0.25, 0.3) is 5.91 Å². The Hall–Kier alpha value is -1.88. The van der Waals surface area contributed by atoms with Crippen LogP contribution in [0, 0.1) is 5.92 Å². The van der Waals surface area contributed by atoms with E-state index in [1.54, 1.807) is 12.1 Å². The number of piperidine rings is 1. The van der Waals surface area contributed by atoms with E-state index in [-0.39, 0.29) is 17.7 Å². The summed E-state index contributed by atoms with van der Waals surface area (Å²) in [6, 6.07) is 7.50. The molecule has 5 heteroatoms. The third-order valence-corrected chi connectivity index (χ3v) is 4.81. The summed E-state index contributed by atoms with van der Waals surface area (Å²) in [6.45, 7) is 1.80. The van der Waals surface area contributed by atoms with Gasteiger partial charge >= 0.3 is 0 Å². The van der Waals surface area contributed by atoms with Crippen LogP contribution < -0.4 is 16.0 Å². The molecule has 5 nitrogen and oxygen atoms in total. The van der Waals surface area contributed by atoms with Crippen LogP contribution in [0.5, 0.6) is 0 Å². The van der Waals surface area contributed by atoms with Crippen molar-refractivity contribution in [2.45, 2.75) is 44.6 Å². The van der Waals surface area contributed by atoms with E-state index in [4.69, 9.17) is 0 Å². The third kappa shape index (κ3) is 4.32. The van der Waals surface area contributed by atoms with E-state index in [2.05, 4.69) is 16.0 Å². The van der Waals surface area contributed by atoms with Crippen LogP contribution in [0.2, 0.25) is 0 Å². The summed E-state index contributed by atoms with van der Waals surface area (Å²) in [5, 5.41) is 9.28. The number of rotatable bonds is 4. The maximum atomic E-state index is 12.2. The summed E-state index contributed by atoms with van der Waals surface area (Å²) in [7, 11) is 0. The highest BCUT2D eigenvalue weighted by atomic mass is 16.2. The summed E-state index contributed by atoms with van der Waals surface area (Å²) < 4.78 is 0. The van der Waals surface area contributed by atoms with E-state index < -0.39 is 0 Å². The fraction of sp³-hybridized carbons (Fsp3) is 0.556. The SMILES string of the molecule is O=C(NC1CCCC1)c1ccc(NC(=O)C2CCNCC2)cc1. The third-order valence-electron chi connectivity index (χ3n) is 4.81. The van der Waals surface area contributed by atoms with Crippen molar-refractivity contribution >= 4 is 17.5 Å². The average molecular weight is 315 g/mol. The van der Waals surface area contributed by atoms with E-state index in [1.165, 1.54) is 12.8 Å². The van der Waals surface area contributed by atoms with Crippen molar-refractivity contribution in [3.8, 4) is 0 Å². The highest BCUT2D eigenvalue weighted by Crippen LogP contribution is 2.19. The van der Waals surface area contributed by atoms with Crippen LogP contribution in [-0.4, -0.2) is 30.9 Å². The minimum absolute atomic E-state index is 0.0202. The molecule has 124 valence electrons. The second-order valence-corrected chi connectivity index (χ2v) is 6.55. The number of amides is 2. The molecule has 2 amide bonds. The smallest absolute Gasteiger partial charge is 0.251 e. The summed E-state index contributed by atoms with van der Waals surface area (Å²) in [4.78, 5) is 24.4. The van der Waals surface area contributed by atoms with Crippen LogP contribution in [0.4, 0.5) is 5.69 Å². The Bertz CT molecular complexity index is 544. The van der Waals surface area contributed by atoms with Gasteiger partial charge in [-0.2, -0.15) is 0 Å². The van der Waals surface area contributed by atoms with Gasteiger partial charge in [-0.15, -0.1) is 0 Å². The molecule has 0 aromatic heterocycles. The second kappa shape index (κ2) is 7.59. The van der Waals surface area contributed by atoms with E-state index >= 15 is 0 Å². The van der Waals surface area contributed by atoms with Gasteiger partial charge in [-0.25, -0.2) is 0 Å². The molecule has 23 heavy (non-hydrogen) atoms. The number of benzene rings is 1. The zero-order valence-corrected chi connectivity index (χ0v) is 13.4. The molecule has 0 bridgehead atoms. The Morgan fingerprint density at radius 1 is 0.957 bits per heavy atom. The van der Waals surface area contributed by atoms with E-state index in [0.717, 1.165) is 44.5 Å². The van der Waals surface area contributed by atoms with Gasteiger partial charge in [0.15, 0.2) is 0 Å². The number of hydrogen-bond donors (Lipinski definition) is 3. The van der Waals surface area contributed by atoms with Gasteiger partial charge in [0, 0.05) is 23.2 Å². The summed E-state index contributed by atoms with van der Waals surface area (Å²) in [5.74, 6) is 0.143. The van der Waals surface area contributed by atoms with Gasteiger partial charge in [0.1, 0.15) is 0 Å². The lowest BCUT2D eigenvalue weighted by molar-refractivity contribution is -0.120. The first kappa shape index (κ1) is 16.0. The van der Waals surface area contributed by atoms with Crippen molar-refractivity contribution in [3.05, 3.63) is 29.8 Å². The Morgan fingerprint density at radius 2 is 1.61 bits per heavy atom. The Kier molecular flexibility index (Phi) is 5.28. The highest BCUT2D eigenvalue weighted by molar-refractivity contribution is 5.96. The number of anilines is 1. The molecule has 1 saturated heterocycles. The predicted molar refractivity (Wildman–Crippen MR) is 90.4 cm³/mol. The van der Waals surface area contributed by atoms with Crippen LogP contribution >= 0.6 is 0 Å². The second-order valence-electron chi connectivity index (χ2n) is 6.55. The molecule has 1 aliphatic heterocycles. The van der Waals surface area contributed by atoms with Crippen molar-refractivity contribution in [3.63, 3.8) is 0 Å². The molecule has 0 radical (unpaired) electrons. The van der Waals surface area contributed by atoms with Gasteiger partial charge < -0.3 is 16.0 Å². The van der Waals surface area contributed by atoms with Crippen LogP contribution in [0.25, 0.3) is 0 Å². The first-order valence-corrected chi connectivity index (χ1v) is 8.65. The van der Waals surface area contributed by atoms with Crippen molar-refractivity contribution in [2.75, 3.05) is 18.4 Å². The maximum Gasteiger partial charge on any atom is 0.251 e. The summed E-state index contributed by atoms with van der Waals surface area (Å²) >= 11 is 0. The maximum absolute atomic E-state index is 12.2. The molecule has 1 aromatic rings. The first-order chi connectivity index (χ1) is 11.2. The van der Waals surface area contributed by atoms with Gasteiger partial charge in [-0.1, -0.05) is 12.8 Å². The lowest BCUT2D eigenvalue weighted by Crippen LogP contribution is -2.34.